The molecule has 0 bridgehead atoms. The van der Waals surface area contributed by atoms with Crippen LogP contribution in [0, 0.1) is 10.1 Å². The van der Waals surface area contributed by atoms with Crippen LogP contribution in [0.15, 0.2) is 24.3 Å². The van der Waals surface area contributed by atoms with Gasteiger partial charge in [-0.3, -0.25) is 19.7 Å². The van der Waals surface area contributed by atoms with Gasteiger partial charge in [0.1, 0.15) is 0 Å². The third-order valence-corrected chi connectivity index (χ3v) is 2.31. The molecule has 1 aromatic carbocycles. The lowest BCUT2D eigenvalue weighted by Crippen LogP contribution is -2.37. The van der Waals surface area contributed by atoms with Gasteiger partial charge in [-0.25, -0.2) is 0 Å². The zero-order chi connectivity index (χ0) is 15.1. The van der Waals surface area contributed by atoms with E-state index in [1.54, 1.807) is 6.07 Å². The molecule has 0 saturated heterocycles. The fourth-order valence-corrected chi connectivity index (χ4v) is 1.50. The molecule has 1 unspecified atom stereocenters. The Hall–Kier alpha value is -2.64. The number of benzene rings is 1. The van der Waals surface area contributed by atoms with Crippen molar-refractivity contribution in [2.75, 3.05) is 6.61 Å². The number of nitro groups is 1. The second kappa shape index (κ2) is 7.07. The number of para-hydroxylation sites is 2. The molecule has 20 heavy (non-hydrogen) atoms. The van der Waals surface area contributed by atoms with Gasteiger partial charge in [-0.2, -0.15) is 0 Å². The van der Waals surface area contributed by atoms with Crippen molar-refractivity contribution in [3.63, 3.8) is 0 Å². The Morgan fingerprint density at radius 3 is 2.70 bits per heavy atom. The third-order valence-electron chi connectivity index (χ3n) is 2.31. The van der Waals surface area contributed by atoms with Crippen molar-refractivity contribution in [1.82, 2.24) is 5.32 Å². The minimum atomic E-state index is -1.03. The van der Waals surface area contributed by atoms with E-state index in [2.05, 4.69) is 5.32 Å². The predicted molar refractivity (Wildman–Crippen MR) is 68.4 cm³/mol. The fourth-order valence-electron chi connectivity index (χ4n) is 1.50. The lowest BCUT2D eigenvalue weighted by molar-refractivity contribution is -0.385. The topological polar surface area (TPSA) is 119 Å². The number of nitrogens with one attached hydrogen (secondary N) is 1. The van der Waals surface area contributed by atoms with Crippen LogP contribution in [0.25, 0.3) is 0 Å². The van der Waals surface area contributed by atoms with E-state index in [0.717, 1.165) is 0 Å². The summed E-state index contributed by atoms with van der Waals surface area (Å²) in [4.78, 5) is 32.0. The number of aliphatic carboxylic acids is 1. The molecule has 1 rings (SSSR count). The largest absolute Gasteiger partial charge is 0.481 e. The van der Waals surface area contributed by atoms with Crippen LogP contribution in [0.2, 0.25) is 0 Å². The third kappa shape index (κ3) is 4.92. The molecule has 1 amide bonds. The molecule has 8 heteroatoms. The smallest absolute Gasteiger partial charge is 0.310 e. The molecular formula is C12H14N2O6. The van der Waals surface area contributed by atoms with E-state index in [9.17, 15) is 19.7 Å². The zero-order valence-electron chi connectivity index (χ0n) is 10.7. The van der Waals surface area contributed by atoms with E-state index in [4.69, 9.17) is 9.84 Å². The Bertz CT molecular complexity index is 516. The van der Waals surface area contributed by atoms with Gasteiger partial charge in [-0.1, -0.05) is 12.1 Å². The molecule has 1 atom stereocenters. The number of hydrogen-bond acceptors (Lipinski definition) is 5. The lowest BCUT2D eigenvalue weighted by atomic mass is 10.2. The SMILES string of the molecule is CC(CC(=O)O)NC(=O)COc1ccccc1[N+](=O)[O-]. The number of rotatable bonds is 7. The van der Waals surface area contributed by atoms with Gasteiger partial charge in [0.05, 0.1) is 11.3 Å². The van der Waals surface area contributed by atoms with Crippen LogP contribution in [0.4, 0.5) is 5.69 Å². The molecule has 1 aromatic rings. The van der Waals surface area contributed by atoms with Crippen LogP contribution in [0.5, 0.6) is 5.75 Å². The summed E-state index contributed by atoms with van der Waals surface area (Å²) >= 11 is 0. The van der Waals surface area contributed by atoms with Crippen molar-refractivity contribution in [2.24, 2.45) is 0 Å². The molecule has 8 nitrogen and oxygen atoms in total. The Labute approximate surface area is 114 Å². The number of ether oxygens (including phenoxy) is 1. The Morgan fingerprint density at radius 1 is 1.45 bits per heavy atom. The highest BCUT2D eigenvalue weighted by Gasteiger charge is 2.16. The number of carboxylic acid groups (broad SMARTS) is 1. The quantitative estimate of drug-likeness (QED) is 0.567. The number of carbonyl (C=O) groups is 2. The molecule has 0 radical (unpaired) electrons. The summed E-state index contributed by atoms with van der Waals surface area (Å²) in [7, 11) is 0. The number of carboxylic acids is 1. The second-order valence-corrected chi connectivity index (χ2v) is 4.08. The molecule has 108 valence electrons. The Morgan fingerprint density at radius 2 is 2.10 bits per heavy atom. The van der Waals surface area contributed by atoms with E-state index >= 15 is 0 Å². The summed E-state index contributed by atoms with van der Waals surface area (Å²) in [6, 6.07) is 5.13. The summed E-state index contributed by atoms with van der Waals surface area (Å²) in [5, 5.41) is 21.7. The van der Waals surface area contributed by atoms with Crippen molar-refractivity contribution in [3.8, 4) is 5.75 Å². The molecule has 0 aromatic heterocycles. The average Bonchev–Trinajstić information content (AvgIpc) is 2.35. The van der Waals surface area contributed by atoms with Gasteiger partial charge in [0, 0.05) is 12.1 Å². The summed E-state index contributed by atoms with van der Waals surface area (Å²) < 4.78 is 5.06. The molecular weight excluding hydrogens is 268 g/mol. The minimum Gasteiger partial charge on any atom is -0.481 e. The molecule has 0 fully saturated rings. The van der Waals surface area contributed by atoms with Gasteiger partial charge in [-0.15, -0.1) is 0 Å². The predicted octanol–water partition coefficient (Wildman–Crippen LogP) is 0.953. The number of carbonyl (C=O) groups excluding carboxylic acids is 1. The van der Waals surface area contributed by atoms with Crippen molar-refractivity contribution in [2.45, 2.75) is 19.4 Å². The average molecular weight is 282 g/mol. The van der Waals surface area contributed by atoms with Crippen molar-refractivity contribution >= 4 is 17.6 Å². The maximum absolute atomic E-state index is 11.5. The lowest BCUT2D eigenvalue weighted by Gasteiger charge is -2.12. The number of hydrogen-bond donors (Lipinski definition) is 2. The van der Waals surface area contributed by atoms with Gasteiger partial charge >= 0.3 is 11.7 Å². The van der Waals surface area contributed by atoms with Gasteiger partial charge in [0.2, 0.25) is 0 Å². The Kier molecular flexibility index (Phi) is 5.45. The van der Waals surface area contributed by atoms with Crippen molar-refractivity contribution in [1.29, 1.82) is 0 Å². The van der Waals surface area contributed by atoms with Gasteiger partial charge in [-0.05, 0) is 13.0 Å². The van der Waals surface area contributed by atoms with Crippen LogP contribution in [0.3, 0.4) is 0 Å². The van der Waals surface area contributed by atoms with Crippen LogP contribution in [0.1, 0.15) is 13.3 Å². The first-order valence-corrected chi connectivity index (χ1v) is 5.77. The molecule has 0 aliphatic carbocycles. The second-order valence-electron chi connectivity index (χ2n) is 4.08. The minimum absolute atomic E-state index is 0.0152. The first kappa shape index (κ1) is 15.4. The maximum Gasteiger partial charge on any atom is 0.310 e. The highest BCUT2D eigenvalue weighted by molar-refractivity contribution is 5.78. The highest BCUT2D eigenvalue weighted by atomic mass is 16.6. The number of amides is 1. The van der Waals surface area contributed by atoms with E-state index in [-0.39, 0.29) is 17.9 Å². The summed E-state index contributed by atoms with van der Waals surface area (Å²) in [6.07, 6.45) is -0.211. The van der Waals surface area contributed by atoms with E-state index < -0.39 is 29.4 Å². The molecule has 0 spiro atoms. The van der Waals surface area contributed by atoms with E-state index in [1.165, 1.54) is 25.1 Å². The van der Waals surface area contributed by atoms with Crippen LogP contribution in [-0.2, 0) is 9.59 Å². The Balaban J connectivity index is 2.53. The fraction of sp³-hybridized carbons (Fsp3) is 0.333. The van der Waals surface area contributed by atoms with E-state index in [1.807, 2.05) is 0 Å². The standard InChI is InChI=1S/C12H14N2O6/c1-8(6-12(16)17)13-11(15)7-20-10-5-3-2-4-9(10)14(18)19/h2-5,8H,6-7H2,1H3,(H,13,15)(H,16,17). The van der Waals surface area contributed by atoms with E-state index in [0.29, 0.717) is 0 Å². The monoisotopic (exact) mass is 282 g/mol. The molecule has 0 aliphatic rings. The summed E-state index contributed by atoms with van der Waals surface area (Å²) in [5.41, 5.74) is -0.237. The van der Waals surface area contributed by atoms with Crippen molar-refractivity contribution < 1.29 is 24.4 Å². The normalized spacial score (nSPS) is 11.4. The molecule has 2 N–H and O–H groups in total. The van der Waals surface area contributed by atoms with Crippen LogP contribution >= 0.6 is 0 Å². The highest BCUT2D eigenvalue weighted by Crippen LogP contribution is 2.25. The van der Waals surface area contributed by atoms with Gasteiger partial charge in [0.25, 0.3) is 5.91 Å². The molecule has 0 heterocycles. The first-order chi connectivity index (χ1) is 9.40. The van der Waals surface area contributed by atoms with Crippen LogP contribution < -0.4 is 10.1 Å². The van der Waals surface area contributed by atoms with Crippen molar-refractivity contribution in [3.05, 3.63) is 34.4 Å². The van der Waals surface area contributed by atoms with Crippen LogP contribution in [-0.4, -0.2) is 34.6 Å². The first-order valence-electron chi connectivity index (χ1n) is 5.77. The van der Waals surface area contributed by atoms with Gasteiger partial charge in [0.15, 0.2) is 12.4 Å². The molecule has 0 saturated carbocycles. The maximum atomic E-state index is 11.5. The summed E-state index contributed by atoms with van der Waals surface area (Å²) in [6.45, 7) is 1.12. The van der Waals surface area contributed by atoms with Gasteiger partial charge < -0.3 is 15.2 Å². The molecule has 0 aliphatic heterocycles. The number of nitrogens with zero attached hydrogens (tertiary/aromatic N) is 1. The number of nitro benzene ring substituents is 1. The zero-order valence-corrected chi connectivity index (χ0v) is 10.7. The summed E-state index contributed by atoms with van der Waals surface area (Å²) in [5.74, 6) is -1.59.